The Morgan fingerprint density at radius 2 is 1.58 bits per heavy atom. The topological polar surface area (TPSA) is 86.8 Å². The number of carbonyl (C=O) groups excluding carboxylic acids is 2. The number of rotatable bonds is 12. The average molecular weight is 540 g/mol. The zero-order valence-electron chi connectivity index (χ0n) is 21.9. The largest absolute Gasteiger partial charge is 0.354 e. The molecule has 9 heteroatoms. The number of carbonyl (C=O) groups is 2. The van der Waals surface area contributed by atoms with Crippen LogP contribution in [-0.4, -0.2) is 50.8 Å². The van der Waals surface area contributed by atoms with Gasteiger partial charge in [0, 0.05) is 13.1 Å². The van der Waals surface area contributed by atoms with Crippen LogP contribution in [0.2, 0.25) is 0 Å². The molecule has 3 rings (SSSR count). The first-order valence-corrected chi connectivity index (χ1v) is 14.0. The summed E-state index contributed by atoms with van der Waals surface area (Å²) in [5.41, 5.74) is 2.20. The number of halogens is 1. The molecule has 3 aromatic rings. The van der Waals surface area contributed by atoms with E-state index in [9.17, 15) is 22.4 Å². The quantitative estimate of drug-likeness (QED) is 0.372. The first kappa shape index (κ1) is 28.8. The molecule has 0 spiro atoms. The molecule has 0 fully saturated rings. The Labute approximate surface area is 224 Å². The molecule has 1 N–H and O–H groups in total. The Morgan fingerprint density at radius 1 is 0.947 bits per heavy atom. The molecule has 0 bridgehead atoms. The fourth-order valence-corrected chi connectivity index (χ4v) is 5.35. The Kier molecular flexibility index (Phi) is 10.0. The van der Waals surface area contributed by atoms with Gasteiger partial charge in [0.2, 0.25) is 11.8 Å². The minimum absolute atomic E-state index is 0.142. The van der Waals surface area contributed by atoms with Crippen molar-refractivity contribution < 1.29 is 22.4 Å². The Bertz CT molecular complexity index is 1310. The van der Waals surface area contributed by atoms with Crippen molar-refractivity contribution >= 4 is 27.5 Å². The second-order valence-corrected chi connectivity index (χ2v) is 11.0. The third-order valence-electron chi connectivity index (χ3n) is 6.20. The predicted octanol–water partition coefficient (Wildman–Crippen LogP) is 4.32. The van der Waals surface area contributed by atoms with Crippen LogP contribution in [0.15, 0.2) is 83.8 Å². The van der Waals surface area contributed by atoms with Crippen LogP contribution in [0.1, 0.15) is 31.4 Å². The van der Waals surface area contributed by atoms with Crippen LogP contribution in [0.5, 0.6) is 0 Å². The van der Waals surface area contributed by atoms with E-state index in [-0.39, 0.29) is 17.3 Å². The third-order valence-corrected chi connectivity index (χ3v) is 7.99. The maximum atomic E-state index is 13.7. The van der Waals surface area contributed by atoms with Gasteiger partial charge in [0.1, 0.15) is 18.4 Å². The highest BCUT2D eigenvalue weighted by atomic mass is 32.2. The Hall–Kier alpha value is -3.72. The van der Waals surface area contributed by atoms with Crippen molar-refractivity contribution in [3.63, 3.8) is 0 Å². The summed E-state index contributed by atoms with van der Waals surface area (Å²) >= 11 is 0. The van der Waals surface area contributed by atoms with Gasteiger partial charge in [-0.05, 0) is 68.7 Å². The summed E-state index contributed by atoms with van der Waals surface area (Å²) in [4.78, 5) is 27.9. The summed E-state index contributed by atoms with van der Waals surface area (Å²) < 4.78 is 41.9. The molecule has 38 heavy (non-hydrogen) atoms. The summed E-state index contributed by atoms with van der Waals surface area (Å²) in [6, 6.07) is 20.0. The number of aryl methyl sites for hydroxylation is 1. The average Bonchev–Trinajstić information content (AvgIpc) is 2.91. The summed E-state index contributed by atoms with van der Waals surface area (Å²) in [6.45, 7) is 5.61. The van der Waals surface area contributed by atoms with Crippen LogP contribution in [0.3, 0.4) is 0 Å². The van der Waals surface area contributed by atoms with Gasteiger partial charge in [-0.3, -0.25) is 13.9 Å². The van der Waals surface area contributed by atoms with E-state index in [2.05, 4.69) is 5.32 Å². The first-order valence-electron chi connectivity index (χ1n) is 12.6. The SMILES string of the molecule is CCCNC(=O)C(C)N(CCc1ccccc1)C(=O)CN(c1ccc(C)cc1)S(=O)(=O)c1ccc(F)cc1. The van der Waals surface area contributed by atoms with Crippen molar-refractivity contribution in [3.8, 4) is 0 Å². The van der Waals surface area contributed by atoms with Crippen LogP contribution < -0.4 is 9.62 Å². The van der Waals surface area contributed by atoms with E-state index in [1.165, 1.54) is 17.0 Å². The number of nitrogens with zero attached hydrogens (tertiary/aromatic N) is 2. The number of anilines is 1. The van der Waals surface area contributed by atoms with Crippen molar-refractivity contribution in [2.24, 2.45) is 0 Å². The van der Waals surface area contributed by atoms with E-state index in [0.717, 1.165) is 34.0 Å². The van der Waals surface area contributed by atoms with Gasteiger partial charge in [-0.2, -0.15) is 0 Å². The van der Waals surface area contributed by atoms with Gasteiger partial charge in [0.15, 0.2) is 0 Å². The third kappa shape index (κ3) is 7.41. The predicted molar refractivity (Wildman–Crippen MR) is 147 cm³/mol. The smallest absolute Gasteiger partial charge is 0.264 e. The van der Waals surface area contributed by atoms with Gasteiger partial charge in [-0.25, -0.2) is 12.8 Å². The molecule has 3 aromatic carbocycles. The van der Waals surface area contributed by atoms with Gasteiger partial charge in [-0.15, -0.1) is 0 Å². The van der Waals surface area contributed by atoms with E-state index in [0.29, 0.717) is 18.7 Å². The number of hydrogen-bond donors (Lipinski definition) is 1. The maximum Gasteiger partial charge on any atom is 0.264 e. The van der Waals surface area contributed by atoms with Gasteiger partial charge in [0.05, 0.1) is 10.6 Å². The maximum absolute atomic E-state index is 13.7. The van der Waals surface area contributed by atoms with Crippen molar-refractivity contribution in [3.05, 3.63) is 95.8 Å². The number of sulfonamides is 1. The lowest BCUT2D eigenvalue weighted by molar-refractivity contribution is -0.138. The number of nitrogens with one attached hydrogen (secondary N) is 1. The molecule has 1 atom stereocenters. The second kappa shape index (κ2) is 13.2. The van der Waals surface area contributed by atoms with Crippen molar-refractivity contribution in [1.29, 1.82) is 0 Å². The van der Waals surface area contributed by atoms with Gasteiger partial charge < -0.3 is 10.2 Å². The number of benzene rings is 3. The lowest BCUT2D eigenvalue weighted by atomic mass is 10.1. The normalized spacial score (nSPS) is 12.0. The fourth-order valence-electron chi connectivity index (χ4n) is 3.94. The van der Waals surface area contributed by atoms with Crippen LogP contribution >= 0.6 is 0 Å². The highest BCUT2D eigenvalue weighted by Gasteiger charge is 2.32. The standard InChI is InChI=1S/C29H34FN3O4S/c1-4-19-31-29(35)23(3)32(20-18-24-8-6-5-7-9-24)28(34)21-33(26-14-10-22(2)11-15-26)38(36,37)27-16-12-25(30)13-17-27/h5-17,23H,4,18-21H2,1-3H3,(H,31,35). The summed E-state index contributed by atoms with van der Waals surface area (Å²) in [5, 5.41) is 2.82. The molecule has 0 aliphatic rings. The zero-order valence-corrected chi connectivity index (χ0v) is 22.7. The minimum Gasteiger partial charge on any atom is -0.354 e. The molecule has 0 saturated carbocycles. The van der Waals surface area contributed by atoms with Crippen LogP contribution in [0.4, 0.5) is 10.1 Å². The van der Waals surface area contributed by atoms with Gasteiger partial charge >= 0.3 is 0 Å². The van der Waals surface area contributed by atoms with Gasteiger partial charge in [-0.1, -0.05) is 55.0 Å². The molecule has 0 aliphatic carbocycles. The van der Waals surface area contributed by atoms with Crippen LogP contribution in [-0.2, 0) is 26.0 Å². The Balaban J connectivity index is 1.95. The Morgan fingerprint density at radius 3 is 2.18 bits per heavy atom. The van der Waals surface area contributed by atoms with E-state index in [1.54, 1.807) is 31.2 Å². The molecule has 7 nitrogen and oxygen atoms in total. The van der Waals surface area contributed by atoms with E-state index in [1.807, 2.05) is 44.2 Å². The van der Waals surface area contributed by atoms with E-state index >= 15 is 0 Å². The zero-order chi connectivity index (χ0) is 27.7. The van der Waals surface area contributed by atoms with E-state index < -0.39 is 34.3 Å². The van der Waals surface area contributed by atoms with Crippen LogP contribution in [0.25, 0.3) is 0 Å². The first-order chi connectivity index (χ1) is 18.1. The summed E-state index contributed by atoms with van der Waals surface area (Å²) in [6.07, 6.45) is 1.24. The number of amides is 2. The van der Waals surface area contributed by atoms with Crippen molar-refractivity contribution in [1.82, 2.24) is 10.2 Å². The van der Waals surface area contributed by atoms with Crippen LogP contribution in [0, 0.1) is 12.7 Å². The molecule has 0 aliphatic heterocycles. The highest BCUT2D eigenvalue weighted by Crippen LogP contribution is 2.25. The second-order valence-electron chi connectivity index (χ2n) is 9.09. The monoisotopic (exact) mass is 539 g/mol. The lowest BCUT2D eigenvalue weighted by Crippen LogP contribution is -2.52. The molecule has 202 valence electrons. The minimum atomic E-state index is -4.22. The lowest BCUT2D eigenvalue weighted by Gasteiger charge is -2.32. The summed E-state index contributed by atoms with van der Waals surface area (Å²) in [7, 11) is -4.22. The molecule has 0 aromatic heterocycles. The van der Waals surface area contributed by atoms with Gasteiger partial charge in [0.25, 0.3) is 10.0 Å². The fraction of sp³-hybridized carbons (Fsp3) is 0.310. The molecule has 2 amide bonds. The molecular weight excluding hydrogens is 505 g/mol. The highest BCUT2D eigenvalue weighted by molar-refractivity contribution is 7.92. The molecular formula is C29H34FN3O4S. The van der Waals surface area contributed by atoms with Crippen molar-refractivity contribution in [2.45, 2.75) is 44.6 Å². The summed E-state index contributed by atoms with van der Waals surface area (Å²) in [5.74, 6) is -1.40. The molecule has 0 heterocycles. The molecule has 0 saturated heterocycles. The van der Waals surface area contributed by atoms with E-state index in [4.69, 9.17) is 0 Å². The molecule has 1 unspecified atom stereocenters. The number of hydrogen-bond acceptors (Lipinski definition) is 4. The molecule has 0 radical (unpaired) electrons. The van der Waals surface area contributed by atoms with Crippen molar-refractivity contribution in [2.75, 3.05) is 23.9 Å².